The molecule has 132 valence electrons. The first-order valence-corrected chi connectivity index (χ1v) is 10.1. The minimum atomic E-state index is -0.266. The Bertz CT molecular complexity index is 409. The van der Waals surface area contributed by atoms with Gasteiger partial charge in [0.2, 0.25) is 0 Å². The van der Waals surface area contributed by atoms with Gasteiger partial charge in [0, 0.05) is 6.07 Å². The van der Waals surface area contributed by atoms with Crippen molar-refractivity contribution in [3.05, 3.63) is 28.5 Å². The fourth-order valence-electron chi connectivity index (χ4n) is 2.70. The number of halogens is 2. The zero-order valence-electron chi connectivity index (χ0n) is 14.6. The van der Waals surface area contributed by atoms with Gasteiger partial charge in [-0.3, -0.25) is 0 Å². The molecule has 0 spiro atoms. The van der Waals surface area contributed by atoms with Gasteiger partial charge in [0.15, 0.2) is 0 Å². The van der Waals surface area contributed by atoms with Gasteiger partial charge in [-0.05, 0) is 34.5 Å². The van der Waals surface area contributed by atoms with Gasteiger partial charge in [-0.1, -0.05) is 77.6 Å². The van der Waals surface area contributed by atoms with Crippen molar-refractivity contribution in [2.24, 2.45) is 0 Å². The van der Waals surface area contributed by atoms with Gasteiger partial charge in [0.05, 0.1) is 11.1 Å². The summed E-state index contributed by atoms with van der Waals surface area (Å²) in [6.07, 6.45) is 16.0. The summed E-state index contributed by atoms with van der Waals surface area (Å²) in [6.45, 7) is 2.95. The van der Waals surface area contributed by atoms with Crippen LogP contribution in [-0.4, -0.2) is 6.61 Å². The van der Waals surface area contributed by atoms with Crippen LogP contribution in [0.1, 0.15) is 84.0 Å². The first-order chi connectivity index (χ1) is 11.2. The van der Waals surface area contributed by atoms with Crippen LogP contribution in [0.4, 0.5) is 4.39 Å². The van der Waals surface area contributed by atoms with Gasteiger partial charge < -0.3 is 4.74 Å². The van der Waals surface area contributed by atoms with E-state index in [1.165, 1.54) is 76.7 Å². The Labute approximate surface area is 150 Å². The monoisotopic (exact) mass is 386 g/mol. The molecule has 0 aromatic heterocycles. The largest absolute Gasteiger partial charge is 0.493 e. The molecule has 0 aliphatic heterocycles. The van der Waals surface area contributed by atoms with E-state index >= 15 is 0 Å². The predicted octanol–water partition coefficient (Wildman–Crippen LogP) is 7.67. The van der Waals surface area contributed by atoms with Crippen LogP contribution in [0.5, 0.6) is 5.75 Å². The Kier molecular flexibility index (Phi) is 12.3. The number of rotatable bonds is 14. The summed E-state index contributed by atoms with van der Waals surface area (Å²) in [5.41, 5.74) is 0. The minimum absolute atomic E-state index is 0.266. The third kappa shape index (κ3) is 10.8. The Morgan fingerprint density at radius 2 is 1.35 bits per heavy atom. The zero-order chi connectivity index (χ0) is 16.8. The first-order valence-electron chi connectivity index (χ1n) is 9.32. The Balaban J connectivity index is 1.85. The van der Waals surface area contributed by atoms with Crippen molar-refractivity contribution in [1.29, 1.82) is 0 Å². The molecule has 0 atom stereocenters. The molecule has 0 bridgehead atoms. The standard InChI is InChI=1S/C20H32BrFO/c1-2-3-4-5-6-7-8-9-10-11-12-13-16-23-18-14-15-19(21)20(22)17-18/h14-15,17H,2-13,16H2,1H3. The van der Waals surface area contributed by atoms with Crippen molar-refractivity contribution in [2.45, 2.75) is 84.0 Å². The van der Waals surface area contributed by atoms with E-state index < -0.39 is 0 Å². The first kappa shape index (κ1) is 20.5. The molecule has 0 unspecified atom stereocenters. The molecule has 0 saturated carbocycles. The molecule has 0 N–H and O–H groups in total. The third-order valence-corrected chi connectivity index (χ3v) is 4.80. The molecule has 1 rings (SSSR count). The van der Waals surface area contributed by atoms with Crippen molar-refractivity contribution in [3.8, 4) is 5.75 Å². The fourth-order valence-corrected chi connectivity index (χ4v) is 2.95. The molecule has 0 amide bonds. The van der Waals surface area contributed by atoms with Gasteiger partial charge in [0.1, 0.15) is 11.6 Å². The highest BCUT2D eigenvalue weighted by molar-refractivity contribution is 9.10. The molecule has 0 saturated heterocycles. The van der Waals surface area contributed by atoms with Crippen molar-refractivity contribution < 1.29 is 9.13 Å². The lowest BCUT2D eigenvalue weighted by Crippen LogP contribution is -1.97. The maximum atomic E-state index is 13.3. The van der Waals surface area contributed by atoms with Crippen LogP contribution in [0.25, 0.3) is 0 Å². The fraction of sp³-hybridized carbons (Fsp3) is 0.700. The average Bonchev–Trinajstić information content (AvgIpc) is 2.55. The maximum Gasteiger partial charge on any atom is 0.141 e. The second kappa shape index (κ2) is 13.8. The second-order valence-corrected chi connectivity index (χ2v) is 7.17. The van der Waals surface area contributed by atoms with Crippen molar-refractivity contribution in [2.75, 3.05) is 6.61 Å². The summed E-state index contributed by atoms with van der Waals surface area (Å²) >= 11 is 3.14. The minimum Gasteiger partial charge on any atom is -0.493 e. The summed E-state index contributed by atoms with van der Waals surface area (Å²) in [5.74, 6) is 0.353. The quantitative estimate of drug-likeness (QED) is 0.298. The van der Waals surface area contributed by atoms with Crippen molar-refractivity contribution >= 4 is 15.9 Å². The summed E-state index contributed by atoms with van der Waals surface area (Å²) in [5, 5.41) is 0. The second-order valence-electron chi connectivity index (χ2n) is 6.31. The van der Waals surface area contributed by atoms with E-state index in [9.17, 15) is 4.39 Å². The molecule has 1 nitrogen and oxygen atoms in total. The average molecular weight is 387 g/mol. The van der Waals surface area contributed by atoms with E-state index in [0.717, 1.165) is 6.42 Å². The molecule has 0 fully saturated rings. The van der Waals surface area contributed by atoms with Gasteiger partial charge in [-0.15, -0.1) is 0 Å². The number of hydrogen-bond acceptors (Lipinski definition) is 1. The lowest BCUT2D eigenvalue weighted by atomic mass is 10.1. The Morgan fingerprint density at radius 1 is 0.826 bits per heavy atom. The van der Waals surface area contributed by atoms with Crippen LogP contribution in [0, 0.1) is 5.82 Å². The van der Waals surface area contributed by atoms with E-state index in [-0.39, 0.29) is 5.82 Å². The molecule has 0 heterocycles. The van der Waals surface area contributed by atoms with E-state index in [4.69, 9.17) is 4.74 Å². The highest BCUT2D eigenvalue weighted by Crippen LogP contribution is 2.21. The molecular weight excluding hydrogens is 355 g/mol. The van der Waals surface area contributed by atoms with E-state index in [0.29, 0.717) is 16.8 Å². The lowest BCUT2D eigenvalue weighted by Gasteiger charge is -2.07. The molecule has 0 aliphatic carbocycles. The van der Waals surface area contributed by atoms with Crippen molar-refractivity contribution in [1.82, 2.24) is 0 Å². The van der Waals surface area contributed by atoms with Crippen LogP contribution >= 0.6 is 15.9 Å². The molecule has 23 heavy (non-hydrogen) atoms. The third-order valence-electron chi connectivity index (χ3n) is 4.16. The molecular formula is C20H32BrFO. The molecule has 0 radical (unpaired) electrons. The highest BCUT2D eigenvalue weighted by atomic mass is 79.9. The summed E-state index contributed by atoms with van der Waals surface area (Å²) < 4.78 is 19.4. The molecule has 1 aromatic carbocycles. The summed E-state index contributed by atoms with van der Waals surface area (Å²) in [4.78, 5) is 0. The number of ether oxygens (including phenoxy) is 1. The smallest absolute Gasteiger partial charge is 0.141 e. The number of unbranched alkanes of at least 4 members (excludes halogenated alkanes) is 11. The number of hydrogen-bond donors (Lipinski definition) is 0. The van der Waals surface area contributed by atoms with Crippen LogP contribution in [0.15, 0.2) is 22.7 Å². The van der Waals surface area contributed by atoms with Crippen LogP contribution in [0.3, 0.4) is 0 Å². The number of benzene rings is 1. The summed E-state index contributed by atoms with van der Waals surface area (Å²) in [6, 6.07) is 4.92. The van der Waals surface area contributed by atoms with E-state index in [1.54, 1.807) is 12.1 Å². The van der Waals surface area contributed by atoms with Gasteiger partial charge in [0.25, 0.3) is 0 Å². The van der Waals surface area contributed by atoms with E-state index in [2.05, 4.69) is 22.9 Å². The normalized spacial score (nSPS) is 10.9. The maximum absolute atomic E-state index is 13.3. The van der Waals surface area contributed by atoms with Gasteiger partial charge in [-0.2, -0.15) is 0 Å². The Morgan fingerprint density at radius 3 is 1.87 bits per heavy atom. The molecule has 0 aliphatic rings. The van der Waals surface area contributed by atoms with Gasteiger partial charge in [-0.25, -0.2) is 4.39 Å². The molecule has 1 aromatic rings. The van der Waals surface area contributed by atoms with Crippen LogP contribution < -0.4 is 4.74 Å². The highest BCUT2D eigenvalue weighted by Gasteiger charge is 2.01. The van der Waals surface area contributed by atoms with E-state index in [1.807, 2.05) is 0 Å². The van der Waals surface area contributed by atoms with Crippen molar-refractivity contribution in [3.63, 3.8) is 0 Å². The summed E-state index contributed by atoms with van der Waals surface area (Å²) in [7, 11) is 0. The lowest BCUT2D eigenvalue weighted by molar-refractivity contribution is 0.302. The predicted molar refractivity (Wildman–Crippen MR) is 101 cm³/mol. The topological polar surface area (TPSA) is 9.23 Å². The Hall–Kier alpha value is -0.570. The molecule has 3 heteroatoms. The SMILES string of the molecule is CCCCCCCCCCCCCCOc1ccc(Br)c(F)c1. The van der Waals surface area contributed by atoms with Crippen LogP contribution in [-0.2, 0) is 0 Å². The van der Waals surface area contributed by atoms with Gasteiger partial charge >= 0.3 is 0 Å². The van der Waals surface area contributed by atoms with Crippen LogP contribution in [0.2, 0.25) is 0 Å². The zero-order valence-corrected chi connectivity index (χ0v) is 16.2.